The second kappa shape index (κ2) is 11.1. The molecule has 2 N–H and O–H groups in total. The molecule has 7 heteroatoms. The SMILES string of the molecule is COc1ccc2nccc([C@@H](O)CN3CCC(NC(C4=CC=CCC4)C4=COC=CO4)CC3)c2c1. The van der Waals surface area contributed by atoms with Crippen LogP contribution in [0.15, 0.2) is 78.8 Å². The fourth-order valence-electron chi connectivity index (χ4n) is 5.07. The van der Waals surface area contributed by atoms with Gasteiger partial charge in [-0.05, 0) is 74.2 Å². The molecule has 3 heterocycles. The lowest BCUT2D eigenvalue weighted by Crippen LogP contribution is -2.48. The van der Waals surface area contributed by atoms with E-state index >= 15 is 0 Å². The maximum Gasteiger partial charge on any atom is 0.159 e. The van der Waals surface area contributed by atoms with E-state index in [1.165, 1.54) is 5.57 Å². The van der Waals surface area contributed by atoms with E-state index in [-0.39, 0.29) is 6.04 Å². The number of piperidine rings is 1. The Kier molecular flexibility index (Phi) is 7.47. The molecule has 1 fully saturated rings. The van der Waals surface area contributed by atoms with E-state index in [0.717, 1.165) is 66.7 Å². The van der Waals surface area contributed by atoms with Crippen LogP contribution in [-0.2, 0) is 9.47 Å². The quantitative estimate of drug-likeness (QED) is 0.588. The molecular weight excluding hydrogens is 442 g/mol. The maximum absolute atomic E-state index is 11.1. The number of ether oxygens (including phenoxy) is 3. The van der Waals surface area contributed by atoms with Crippen molar-refractivity contribution in [3.8, 4) is 5.75 Å². The zero-order valence-electron chi connectivity index (χ0n) is 20.1. The number of pyridine rings is 1. The van der Waals surface area contributed by atoms with Gasteiger partial charge in [-0.2, -0.15) is 0 Å². The number of likely N-dealkylation sites (tertiary alicyclic amines) is 1. The summed E-state index contributed by atoms with van der Waals surface area (Å²) in [5.41, 5.74) is 3.07. The predicted octanol–water partition coefficient (Wildman–Crippen LogP) is 4.34. The predicted molar refractivity (Wildman–Crippen MR) is 135 cm³/mol. The van der Waals surface area contributed by atoms with Crippen LogP contribution in [0.2, 0.25) is 0 Å². The first-order valence-electron chi connectivity index (χ1n) is 12.3. The smallest absolute Gasteiger partial charge is 0.159 e. The average molecular weight is 476 g/mol. The molecule has 0 radical (unpaired) electrons. The van der Waals surface area contributed by atoms with E-state index < -0.39 is 6.10 Å². The Bertz CT molecular complexity index is 1150. The van der Waals surface area contributed by atoms with Crippen LogP contribution >= 0.6 is 0 Å². The molecule has 1 saturated heterocycles. The first kappa shape index (κ1) is 23.6. The summed E-state index contributed by atoms with van der Waals surface area (Å²) in [6, 6.07) is 8.06. The summed E-state index contributed by atoms with van der Waals surface area (Å²) in [6.07, 6.45) is 16.5. The largest absolute Gasteiger partial charge is 0.497 e. The summed E-state index contributed by atoms with van der Waals surface area (Å²) in [7, 11) is 1.65. The van der Waals surface area contributed by atoms with Crippen molar-refractivity contribution >= 4 is 10.9 Å². The van der Waals surface area contributed by atoms with Crippen LogP contribution in [0.3, 0.4) is 0 Å². The normalized spacial score (nSPS) is 20.5. The van der Waals surface area contributed by atoms with Gasteiger partial charge in [-0.3, -0.25) is 4.98 Å². The third-order valence-electron chi connectivity index (χ3n) is 6.99. The molecule has 7 nitrogen and oxygen atoms in total. The summed E-state index contributed by atoms with van der Waals surface area (Å²) in [5, 5.41) is 15.9. The van der Waals surface area contributed by atoms with Crippen LogP contribution in [-0.4, -0.2) is 53.8 Å². The minimum Gasteiger partial charge on any atom is -0.497 e. The number of nitrogens with one attached hydrogen (secondary N) is 1. The lowest BCUT2D eigenvalue weighted by Gasteiger charge is -2.36. The number of aliphatic hydroxyl groups is 1. The minimum atomic E-state index is -0.589. The first-order chi connectivity index (χ1) is 17.2. The highest BCUT2D eigenvalue weighted by atomic mass is 16.5. The standard InChI is InChI=1S/C28H33N3O4/c1-33-22-7-8-25-24(17-22)23(9-12-29-25)26(32)18-31-13-10-21(11-14-31)30-28(20-5-3-2-4-6-20)27-19-34-15-16-35-27/h2-3,5,7-9,12,15-17,19,21,26,28,30,32H,4,6,10-11,13-14,18H2,1H3/t26-,28?/m0/s1. The highest BCUT2D eigenvalue weighted by Gasteiger charge is 2.28. The van der Waals surface area contributed by atoms with Gasteiger partial charge in [-0.25, -0.2) is 0 Å². The van der Waals surface area contributed by atoms with E-state index in [9.17, 15) is 5.11 Å². The van der Waals surface area contributed by atoms with E-state index in [1.54, 1.807) is 32.1 Å². The molecule has 1 aromatic carbocycles. The number of β-amino-alcohol motifs (C(OH)–C–C–N with tert-alkyl or cyclic N) is 1. The topological polar surface area (TPSA) is 76.1 Å². The number of allylic oxidation sites excluding steroid dienone is 3. The van der Waals surface area contributed by atoms with Crippen LogP contribution in [0.5, 0.6) is 5.75 Å². The molecule has 1 aromatic heterocycles. The molecule has 0 amide bonds. The number of hydrogen-bond donors (Lipinski definition) is 2. The van der Waals surface area contributed by atoms with Gasteiger partial charge in [-0.1, -0.05) is 18.2 Å². The van der Waals surface area contributed by atoms with Gasteiger partial charge < -0.3 is 29.5 Å². The monoisotopic (exact) mass is 475 g/mol. The second-order valence-electron chi connectivity index (χ2n) is 9.23. The van der Waals surface area contributed by atoms with E-state index in [4.69, 9.17) is 14.2 Å². The molecule has 35 heavy (non-hydrogen) atoms. The van der Waals surface area contributed by atoms with Gasteiger partial charge in [0.05, 0.1) is 24.8 Å². The lowest BCUT2D eigenvalue weighted by molar-refractivity contribution is 0.0935. The number of hydrogen-bond acceptors (Lipinski definition) is 7. The van der Waals surface area contributed by atoms with Gasteiger partial charge in [0.2, 0.25) is 0 Å². The van der Waals surface area contributed by atoms with Gasteiger partial charge in [0.25, 0.3) is 0 Å². The van der Waals surface area contributed by atoms with Crippen LogP contribution in [0.4, 0.5) is 0 Å². The number of nitrogens with zero attached hydrogens (tertiary/aromatic N) is 2. The summed E-state index contributed by atoms with van der Waals surface area (Å²) in [6.45, 7) is 2.43. The Morgan fingerprint density at radius 2 is 2.11 bits per heavy atom. The van der Waals surface area contributed by atoms with Crippen molar-refractivity contribution in [2.45, 2.75) is 43.9 Å². The number of rotatable bonds is 8. The zero-order valence-corrected chi connectivity index (χ0v) is 20.1. The maximum atomic E-state index is 11.1. The fourth-order valence-corrected chi connectivity index (χ4v) is 5.07. The molecule has 0 saturated carbocycles. The van der Waals surface area contributed by atoms with E-state index in [1.807, 2.05) is 24.3 Å². The highest BCUT2D eigenvalue weighted by Crippen LogP contribution is 2.29. The number of fused-ring (bicyclic) bond motifs is 1. The van der Waals surface area contributed by atoms with Gasteiger partial charge in [0.1, 0.15) is 24.5 Å². The van der Waals surface area contributed by atoms with Crippen LogP contribution in [0.25, 0.3) is 10.9 Å². The van der Waals surface area contributed by atoms with Crippen LogP contribution in [0.1, 0.15) is 37.4 Å². The van der Waals surface area contributed by atoms with Crippen molar-refractivity contribution in [2.75, 3.05) is 26.7 Å². The summed E-state index contributed by atoms with van der Waals surface area (Å²) in [4.78, 5) is 6.78. The molecule has 0 spiro atoms. The molecule has 1 unspecified atom stereocenters. The van der Waals surface area contributed by atoms with Crippen molar-refractivity contribution in [3.05, 3.63) is 84.4 Å². The number of methoxy groups -OCH3 is 1. The molecule has 3 aliphatic rings. The fraction of sp³-hybridized carbons (Fsp3) is 0.393. The molecule has 1 aliphatic carbocycles. The Balaban J connectivity index is 1.21. The summed E-state index contributed by atoms with van der Waals surface area (Å²) < 4.78 is 16.5. The van der Waals surface area contributed by atoms with E-state index in [2.05, 4.69) is 33.4 Å². The molecule has 5 rings (SSSR count). The molecule has 184 valence electrons. The van der Waals surface area contributed by atoms with Crippen LogP contribution < -0.4 is 10.1 Å². The number of benzene rings is 1. The molecular formula is C28H33N3O4. The molecule has 0 bridgehead atoms. The summed E-state index contributed by atoms with van der Waals surface area (Å²) >= 11 is 0. The number of aromatic nitrogens is 1. The zero-order chi connectivity index (χ0) is 24.0. The number of aliphatic hydroxyl groups excluding tert-OH is 1. The molecule has 2 atom stereocenters. The lowest BCUT2D eigenvalue weighted by atomic mass is 9.94. The van der Waals surface area contributed by atoms with Gasteiger partial charge in [-0.15, -0.1) is 0 Å². The minimum absolute atomic E-state index is 0.00482. The van der Waals surface area contributed by atoms with Crippen LogP contribution in [0, 0.1) is 0 Å². The van der Waals surface area contributed by atoms with E-state index in [0.29, 0.717) is 12.6 Å². The Labute approximate surface area is 206 Å². The van der Waals surface area contributed by atoms with Gasteiger partial charge >= 0.3 is 0 Å². The van der Waals surface area contributed by atoms with Crippen molar-refractivity contribution in [2.24, 2.45) is 0 Å². The highest BCUT2D eigenvalue weighted by molar-refractivity contribution is 5.83. The second-order valence-corrected chi connectivity index (χ2v) is 9.23. The van der Waals surface area contributed by atoms with Crippen molar-refractivity contribution in [1.82, 2.24) is 15.2 Å². The molecule has 2 aliphatic heterocycles. The first-order valence-corrected chi connectivity index (χ1v) is 12.3. The average Bonchev–Trinajstić information content (AvgIpc) is 2.93. The Morgan fingerprint density at radius 3 is 2.86 bits per heavy atom. The van der Waals surface area contributed by atoms with Gasteiger partial charge in [0, 0.05) is 24.2 Å². The van der Waals surface area contributed by atoms with Gasteiger partial charge in [0.15, 0.2) is 5.76 Å². The Hall–Kier alpha value is -3.13. The van der Waals surface area contributed by atoms with Crippen molar-refractivity contribution in [1.29, 1.82) is 0 Å². The third-order valence-corrected chi connectivity index (χ3v) is 6.99. The van der Waals surface area contributed by atoms with Crippen molar-refractivity contribution in [3.63, 3.8) is 0 Å². The third kappa shape index (κ3) is 5.59. The molecule has 2 aromatic rings. The Morgan fingerprint density at radius 1 is 1.23 bits per heavy atom. The van der Waals surface area contributed by atoms with Crippen molar-refractivity contribution < 1.29 is 19.3 Å². The summed E-state index contributed by atoms with van der Waals surface area (Å²) in [5.74, 6) is 1.56.